The zero-order chi connectivity index (χ0) is 14.0. The molecule has 1 saturated heterocycles. The van der Waals surface area contributed by atoms with E-state index < -0.39 is 0 Å². The molecule has 2 aliphatic rings. The van der Waals surface area contributed by atoms with Crippen molar-refractivity contribution < 1.29 is 0 Å². The van der Waals surface area contributed by atoms with Gasteiger partial charge in [-0.2, -0.15) is 0 Å². The second kappa shape index (κ2) is 6.16. The molecule has 0 radical (unpaired) electrons. The maximum absolute atomic E-state index is 3.66. The molecule has 2 rings (SSSR count). The molecule has 1 heterocycles. The molecule has 0 aromatic heterocycles. The normalized spacial score (nSPS) is 37.7. The predicted molar refractivity (Wildman–Crippen MR) is 84.3 cm³/mol. The van der Waals surface area contributed by atoms with Crippen LogP contribution in [0, 0.1) is 29.1 Å². The summed E-state index contributed by atoms with van der Waals surface area (Å²) in [6, 6.07) is 0.824. The Morgan fingerprint density at radius 3 is 2.42 bits per heavy atom. The van der Waals surface area contributed by atoms with Gasteiger partial charge in [0.15, 0.2) is 0 Å². The van der Waals surface area contributed by atoms with Gasteiger partial charge < -0.3 is 5.32 Å². The quantitative estimate of drug-likeness (QED) is 0.765. The van der Waals surface area contributed by atoms with Crippen molar-refractivity contribution in [1.29, 1.82) is 0 Å². The lowest BCUT2D eigenvalue weighted by Crippen LogP contribution is -2.24. The largest absolute Gasteiger partial charge is 0.314 e. The van der Waals surface area contributed by atoms with Gasteiger partial charge in [-0.15, -0.1) is 0 Å². The maximum atomic E-state index is 3.66. The average molecular weight is 265 g/mol. The molecule has 5 unspecified atom stereocenters. The van der Waals surface area contributed by atoms with Crippen LogP contribution in [0.5, 0.6) is 0 Å². The van der Waals surface area contributed by atoms with Crippen molar-refractivity contribution in [3.05, 3.63) is 0 Å². The van der Waals surface area contributed by atoms with Gasteiger partial charge in [-0.1, -0.05) is 34.6 Å². The Bertz CT molecular complexity index is 272. The lowest BCUT2D eigenvalue weighted by atomic mass is 9.78. The zero-order valence-corrected chi connectivity index (χ0v) is 13.8. The van der Waals surface area contributed by atoms with E-state index in [1.165, 1.54) is 45.1 Å². The van der Waals surface area contributed by atoms with Crippen LogP contribution in [0.25, 0.3) is 0 Å². The van der Waals surface area contributed by atoms with E-state index in [4.69, 9.17) is 0 Å². The topological polar surface area (TPSA) is 12.0 Å². The highest BCUT2D eigenvalue weighted by atomic mass is 14.9. The summed E-state index contributed by atoms with van der Waals surface area (Å²) < 4.78 is 0. The lowest BCUT2D eigenvalue weighted by molar-refractivity contribution is 0.232. The zero-order valence-electron chi connectivity index (χ0n) is 13.8. The molecular weight excluding hydrogens is 230 g/mol. The van der Waals surface area contributed by atoms with E-state index >= 15 is 0 Å². The smallest absolute Gasteiger partial charge is 0.00700 e. The van der Waals surface area contributed by atoms with Gasteiger partial charge in [-0.25, -0.2) is 0 Å². The van der Waals surface area contributed by atoms with Crippen LogP contribution >= 0.6 is 0 Å². The van der Waals surface area contributed by atoms with Crippen LogP contribution in [0.3, 0.4) is 0 Å². The Morgan fingerprint density at radius 2 is 1.89 bits per heavy atom. The molecule has 0 bridgehead atoms. The Balaban J connectivity index is 1.78. The summed E-state index contributed by atoms with van der Waals surface area (Å²) in [4.78, 5) is 0. The van der Waals surface area contributed by atoms with Gasteiger partial charge in [0, 0.05) is 6.04 Å². The Hall–Kier alpha value is -0.0400. The van der Waals surface area contributed by atoms with Crippen LogP contribution in [-0.2, 0) is 0 Å². The number of hydrogen-bond donors (Lipinski definition) is 1. The van der Waals surface area contributed by atoms with Crippen molar-refractivity contribution in [2.45, 2.75) is 79.2 Å². The first kappa shape index (κ1) is 15.4. The van der Waals surface area contributed by atoms with E-state index in [-0.39, 0.29) is 0 Å². The van der Waals surface area contributed by atoms with E-state index in [1.54, 1.807) is 0 Å². The third-order valence-corrected chi connectivity index (χ3v) is 5.83. The molecule has 5 atom stereocenters. The lowest BCUT2D eigenvalue weighted by Gasteiger charge is -2.27. The van der Waals surface area contributed by atoms with Gasteiger partial charge in [0.25, 0.3) is 0 Å². The van der Waals surface area contributed by atoms with E-state index in [0.29, 0.717) is 5.41 Å². The second-order valence-electron chi connectivity index (χ2n) is 8.64. The summed E-state index contributed by atoms with van der Waals surface area (Å²) in [6.07, 6.45) is 8.61. The van der Waals surface area contributed by atoms with Crippen molar-refractivity contribution in [3.63, 3.8) is 0 Å². The van der Waals surface area contributed by atoms with Gasteiger partial charge in [0.2, 0.25) is 0 Å². The van der Waals surface area contributed by atoms with Crippen molar-refractivity contribution in [2.75, 3.05) is 6.54 Å². The van der Waals surface area contributed by atoms with Crippen LogP contribution < -0.4 is 5.32 Å². The number of hydrogen-bond acceptors (Lipinski definition) is 1. The van der Waals surface area contributed by atoms with Gasteiger partial charge in [-0.05, 0) is 74.2 Å². The molecule has 0 aromatic carbocycles. The van der Waals surface area contributed by atoms with Crippen LogP contribution in [0.15, 0.2) is 0 Å². The molecular formula is C18H35N. The molecule has 2 fully saturated rings. The molecule has 1 N–H and O–H groups in total. The third-order valence-electron chi connectivity index (χ3n) is 5.83. The molecule has 0 spiro atoms. The van der Waals surface area contributed by atoms with Crippen LogP contribution in [0.4, 0.5) is 0 Å². The molecule has 1 heteroatoms. The average Bonchev–Trinajstić information content (AvgIpc) is 2.88. The molecule has 112 valence electrons. The van der Waals surface area contributed by atoms with Crippen LogP contribution in [0.1, 0.15) is 73.1 Å². The summed E-state index contributed by atoms with van der Waals surface area (Å²) in [6.45, 7) is 13.5. The summed E-state index contributed by atoms with van der Waals surface area (Å²) in [7, 11) is 0. The number of rotatable bonds is 4. The fourth-order valence-electron chi connectivity index (χ4n) is 4.43. The van der Waals surface area contributed by atoms with Gasteiger partial charge in [-0.3, -0.25) is 0 Å². The maximum Gasteiger partial charge on any atom is 0.00700 e. The first-order chi connectivity index (χ1) is 8.86. The van der Waals surface area contributed by atoms with E-state index in [9.17, 15) is 0 Å². The third kappa shape index (κ3) is 4.21. The highest BCUT2D eigenvalue weighted by Crippen LogP contribution is 2.47. The molecule has 19 heavy (non-hydrogen) atoms. The summed E-state index contributed by atoms with van der Waals surface area (Å²) >= 11 is 0. The van der Waals surface area contributed by atoms with Crippen molar-refractivity contribution >= 4 is 0 Å². The SMILES string of the molecule is CC(CC1CCCN1)CC1CC(C(C)(C)C)CC1C. The van der Waals surface area contributed by atoms with Gasteiger partial charge >= 0.3 is 0 Å². The standard InChI is InChI=1S/C18H35N/c1-13(10-17-7-6-8-19-17)9-15-12-16(11-14(15)2)18(3,4)5/h13-17,19H,6-12H2,1-5H3. The molecule has 0 aromatic rings. The van der Waals surface area contributed by atoms with Crippen molar-refractivity contribution in [2.24, 2.45) is 29.1 Å². The summed E-state index contributed by atoms with van der Waals surface area (Å²) in [5, 5.41) is 3.66. The van der Waals surface area contributed by atoms with E-state index in [1.807, 2.05) is 0 Å². The minimum absolute atomic E-state index is 0.513. The monoisotopic (exact) mass is 265 g/mol. The summed E-state index contributed by atoms with van der Waals surface area (Å²) in [5.74, 6) is 3.79. The molecule has 1 aliphatic carbocycles. The van der Waals surface area contributed by atoms with E-state index in [2.05, 4.69) is 39.9 Å². The fourth-order valence-corrected chi connectivity index (χ4v) is 4.43. The van der Waals surface area contributed by atoms with Gasteiger partial charge in [0.05, 0.1) is 0 Å². The molecule has 1 nitrogen and oxygen atoms in total. The Morgan fingerprint density at radius 1 is 1.16 bits per heavy atom. The Labute approximate surface area is 120 Å². The highest BCUT2D eigenvalue weighted by molar-refractivity contribution is 4.88. The fraction of sp³-hybridized carbons (Fsp3) is 1.00. The van der Waals surface area contributed by atoms with Crippen molar-refractivity contribution in [1.82, 2.24) is 5.32 Å². The number of nitrogens with one attached hydrogen (secondary N) is 1. The predicted octanol–water partition coefficient (Wildman–Crippen LogP) is 4.86. The first-order valence-corrected chi connectivity index (χ1v) is 8.59. The molecule has 1 saturated carbocycles. The highest BCUT2D eigenvalue weighted by Gasteiger charge is 2.37. The molecule has 0 amide bonds. The van der Waals surface area contributed by atoms with Crippen molar-refractivity contribution in [3.8, 4) is 0 Å². The van der Waals surface area contributed by atoms with Gasteiger partial charge in [0.1, 0.15) is 0 Å². The van der Waals surface area contributed by atoms with E-state index in [0.717, 1.165) is 29.7 Å². The minimum Gasteiger partial charge on any atom is -0.314 e. The second-order valence-corrected chi connectivity index (χ2v) is 8.64. The molecule has 1 aliphatic heterocycles. The first-order valence-electron chi connectivity index (χ1n) is 8.59. The van der Waals surface area contributed by atoms with Crippen LogP contribution in [-0.4, -0.2) is 12.6 Å². The minimum atomic E-state index is 0.513. The van der Waals surface area contributed by atoms with Crippen LogP contribution in [0.2, 0.25) is 0 Å². The Kier molecular flexibility index (Phi) is 4.98. The summed E-state index contributed by atoms with van der Waals surface area (Å²) in [5.41, 5.74) is 0.513.